The monoisotopic (exact) mass is 223 g/mol. The number of nitrogens with two attached hydrogens (primary N) is 2. The Kier molecular flexibility index (Phi) is 3.43. The first-order chi connectivity index (χ1) is 7.58. The lowest BCUT2D eigenvalue weighted by Crippen LogP contribution is -2.35. The summed E-state index contributed by atoms with van der Waals surface area (Å²) in [5.74, 6) is 8.64. The number of rotatable bonds is 3. The second kappa shape index (κ2) is 4.66. The van der Waals surface area contributed by atoms with Crippen molar-refractivity contribution in [3.63, 3.8) is 0 Å². The molecule has 0 spiro atoms. The third-order valence-corrected chi connectivity index (χ3v) is 3.88. The highest BCUT2D eigenvalue weighted by molar-refractivity contribution is 5.12. The highest BCUT2D eigenvalue weighted by Crippen LogP contribution is 2.47. The summed E-state index contributed by atoms with van der Waals surface area (Å²) in [5, 5.41) is 1.89. The SMILES string of the molecule is CC(C)CN(N)/C1=C(\N)CC[C@H]2C[C@H]2CC1. The zero-order valence-corrected chi connectivity index (χ0v) is 10.6. The van der Waals surface area contributed by atoms with Crippen LogP contribution in [0.2, 0.25) is 0 Å². The standard InChI is InChI=1S/C13H25N3/c1-9(2)8-16(15)13-6-4-11-7-10(11)3-5-12(13)14/h9-11H,3-8,14-15H2,1-2H3/b13-12-/t10-,11+/m0/s1. The largest absolute Gasteiger partial charge is 0.401 e. The van der Waals surface area contributed by atoms with E-state index in [1.54, 1.807) is 0 Å². The minimum atomic E-state index is 0.587. The molecule has 0 aromatic carbocycles. The lowest BCUT2D eigenvalue weighted by molar-refractivity contribution is 0.293. The Morgan fingerprint density at radius 3 is 2.50 bits per heavy atom. The molecule has 16 heavy (non-hydrogen) atoms. The van der Waals surface area contributed by atoms with Crippen LogP contribution in [0.4, 0.5) is 0 Å². The molecule has 0 heterocycles. The molecular formula is C13H25N3. The highest BCUT2D eigenvalue weighted by Gasteiger charge is 2.37. The van der Waals surface area contributed by atoms with Crippen LogP contribution < -0.4 is 11.6 Å². The van der Waals surface area contributed by atoms with Crippen molar-refractivity contribution in [2.45, 2.75) is 46.0 Å². The highest BCUT2D eigenvalue weighted by atomic mass is 15.4. The van der Waals surface area contributed by atoms with Crippen molar-refractivity contribution in [1.29, 1.82) is 0 Å². The molecule has 3 nitrogen and oxygen atoms in total. The van der Waals surface area contributed by atoms with E-state index in [4.69, 9.17) is 11.6 Å². The number of hydrogen-bond donors (Lipinski definition) is 2. The van der Waals surface area contributed by atoms with Gasteiger partial charge in [-0.25, -0.2) is 5.84 Å². The van der Waals surface area contributed by atoms with Crippen LogP contribution in [-0.2, 0) is 0 Å². The van der Waals surface area contributed by atoms with Gasteiger partial charge in [0.05, 0.1) is 0 Å². The zero-order valence-electron chi connectivity index (χ0n) is 10.6. The molecule has 0 saturated heterocycles. The van der Waals surface area contributed by atoms with Crippen LogP contribution in [0.15, 0.2) is 11.4 Å². The molecule has 0 unspecified atom stereocenters. The Bertz CT molecular complexity index is 283. The first-order valence-corrected chi connectivity index (χ1v) is 6.57. The van der Waals surface area contributed by atoms with Crippen LogP contribution in [0.5, 0.6) is 0 Å². The van der Waals surface area contributed by atoms with Crippen molar-refractivity contribution in [3.05, 3.63) is 11.4 Å². The summed E-state index contributed by atoms with van der Waals surface area (Å²) in [6.07, 6.45) is 6.11. The van der Waals surface area contributed by atoms with Crippen molar-refractivity contribution in [3.8, 4) is 0 Å². The molecule has 3 heteroatoms. The first-order valence-electron chi connectivity index (χ1n) is 6.57. The van der Waals surface area contributed by atoms with Gasteiger partial charge in [-0.05, 0) is 49.9 Å². The van der Waals surface area contributed by atoms with E-state index in [2.05, 4.69) is 13.8 Å². The smallest absolute Gasteiger partial charge is 0.0478 e. The fourth-order valence-corrected chi connectivity index (χ4v) is 2.82. The lowest BCUT2D eigenvalue weighted by Gasteiger charge is -2.27. The van der Waals surface area contributed by atoms with Gasteiger partial charge >= 0.3 is 0 Å². The van der Waals surface area contributed by atoms with E-state index >= 15 is 0 Å². The van der Waals surface area contributed by atoms with E-state index in [1.807, 2.05) is 5.01 Å². The molecule has 0 aromatic heterocycles. The molecule has 1 saturated carbocycles. The van der Waals surface area contributed by atoms with Gasteiger partial charge in [-0.3, -0.25) is 0 Å². The molecule has 4 N–H and O–H groups in total. The molecule has 2 aliphatic rings. The fourth-order valence-electron chi connectivity index (χ4n) is 2.82. The number of allylic oxidation sites excluding steroid dienone is 2. The molecule has 0 bridgehead atoms. The summed E-state index contributed by atoms with van der Waals surface area (Å²) in [6.45, 7) is 5.29. The Balaban J connectivity index is 2.00. The van der Waals surface area contributed by atoms with Gasteiger partial charge < -0.3 is 10.7 Å². The van der Waals surface area contributed by atoms with E-state index in [-0.39, 0.29) is 0 Å². The maximum atomic E-state index is 6.16. The maximum absolute atomic E-state index is 6.16. The molecule has 0 aliphatic heterocycles. The number of nitrogens with zero attached hydrogens (tertiary/aromatic N) is 1. The quantitative estimate of drug-likeness (QED) is 0.569. The summed E-state index contributed by atoms with van der Waals surface area (Å²) < 4.78 is 0. The molecule has 0 aromatic rings. The minimum Gasteiger partial charge on any atom is -0.401 e. The molecule has 2 atom stereocenters. The van der Waals surface area contributed by atoms with Crippen molar-refractivity contribution in [1.82, 2.24) is 5.01 Å². The predicted molar refractivity (Wildman–Crippen MR) is 67.0 cm³/mol. The average Bonchev–Trinajstić information content (AvgIpc) is 2.89. The molecule has 0 radical (unpaired) electrons. The lowest BCUT2D eigenvalue weighted by atomic mass is 10.0. The topological polar surface area (TPSA) is 55.3 Å². The van der Waals surface area contributed by atoms with Crippen molar-refractivity contribution < 1.29 is 0 Å². The summed E-state index contributed by atoms with van der Waals surface area (Å²) in [4.78, 5) is 0. The zero-order chi connectivity index (χ0) is 11.7. The van der Waals surface area contributed by atoms with Gasteiger partial charge in [0.15, 0.2) is 0 Å². The van der Waals surface area contributed by atoms with Crippen molar-refractivity contribution in [2.24, 2.45) is 29.3 Å². The van der Waals surface area contributed by atoms with Gasteiger partial charge in [0.25, 0.3) is 0 Å². The predicted octanol–water partition coefficient (Wildman–Crippen LogP) is 2.20. The van der Waals surface area contributed by atoms with Gasteiger partial charge in [-0.1, -0.05) is 13.8 Å². The molecule has 2 rings (SSSR count). The number of fused-ring (bicyclic) bond motifs is 1. The van der Waals surface area contributed by atoms with E-state index in [0.717, 1.165) is 36.9 Å². The van der Waals surface area contributed by atoms with Crippen LogP contribution in [0, 0.1) is 17.8 Å². The van der Waals surface area contributed by atoms with E-state index in [9.17, 15) is 0 Å². The molecule has 2 aliphatic carbocycles. The molecule has 1 fully saturated rings. The summed E-state index contributed by atoms with van der Waals surface area (Å²) >= 11 is 0. The Hall–Kier alpha value is -0.700. The average molecular weight is 223 g/mol. The summed E-state index contributed by atoms with van der Waals surface area (Å²) in [6, 6.07) is 0. The number of hydrazine groups is 1. The molecule has 0 amide bonds. The van der Waals surface area contributed by atoms with Crippen LogP contribution in [-0.4, -0.2) is 11.6 Å². The second-order valence-corrected chi connectivity index (χ2v) is 5.85. The Labute approximate surface area is 98.8 Å². The third-order valence-electron chi connectivity index (χ3n) is 3.88. The van der Waals surface area contributed by atoms with Gasteiger partial charge in [-0.15, -0.1) is 0 Å². The normalized spacial score (nSPS) is 34.2. The van der Waals surface area contributed by atoms with E-state index in [1.165, 1.54) is 25.0 Å². The van der Waals surface area contributed by atoms with Gasteiger partial charge in [0, 0.05) is 17.9 Å². The number of hydrogen-bond acceptors (Lipinski definition) is 3. The van der Waals surface area contributed by atoms with E-state index < -0.39 is 0 Å². The van der Waals surface area contributed by atoms with Crippen LogP contribution in [0.25, 0.3) is 0 Å². The van der Waals surface area contributed by atoms with Gasteiger partial charge in [-0.2, -0.15) is 0 Å². The van der Waals surface area contributed by atoms with E-state index in [0.29, 0.717) is 5.92 Å². The first kappa shape index (κ1) is 11.8. The van der Waals surface area contributed by atoms with Crippen LogP contribution in [0.3, 0.4) is 0 Å². The minimum absolute atomic E-state index is 0.587. The Morgan fingerprint density at radius 1 is 1.25 bits per heavy atom. The second-order valence-electron chi connectivity index (χ2n) is 5.85. The fraction of sp³-hybridized carbons (Fsp3) is 0.846. The summed E-state index contributed by atoms with van der Waals surface area (Å²) in [7, 11) is 0. The molecule has 92 valence electrons. The van der Waals surface area contributed by atoms with Gasteiger partial charge in [0.2, 0.25) is 0 Å². The van der Waals surface area contributed by atoms with Crippen LogP contribution >= 0.6 is 0 Å². The Morgan fingerprint density at radius 2 is 1.88 bits per heavy atom. The maximum Gasteiger partial charge on any atom is 0.0478 e. The third kappa shape index (κ3) is 2.70. The van der Waals surface area contributed by atoms with Gasteiger partial charge in [0.1, 0.15) is 0 Å². The molecular weight excluding hydrogens is 198 g/mol. The van der Waals surface area contributed by atoms with Crippen molar-refractivity contribution >= 4 is 0 Å². The van der Waals surface area contributed by atoms with Crippen molar-refractivity contribution in [2.75, 3.05) is 6.54 Å². The van der Waals surface area contributed by atoms with Crippen LogP contribution in [0.1, 0.15) is 46.0 Å². The summed E-state index contributed by atoms with van der Waals surface area (Å²) in [5.41, 5.74) is 8.41.